The number of piperazine rings is 1. The van der Waals surface area contributed by atoms with Gasteiger partial charge in [-0.25, -0.2) is 0 Å². The first kappa shape index (κ1) is 14.9. The minimum Gasteiger partial charge on any atom is -0.322 e. The maximum Gasteiger partial charge on any atom is 0.324 e. The van der Waals surface area contributed by atoms with E-state index in [1.54, 1.807) is 0 Å². The molecule has 0 amide bonds. The van der Waals surface area contributed by atoms with Crippen molar-refractivity contribution in [1.29, 1.82) is 0 Å². The minimum absolute atomic E-state index is 0.619. The fourth-order valence-electron chi connectivity index (χ4n) is 2.99. The van der Waals surface area contributed by atoms with Crippen molar-refractivity contribution in [3.05, 3.63) is 66.2 Å². The van der Waals surface area contributed by atoms with E-state index in [0.29, 0.717) is 11.8 Å². The molecule has 1 aromatic heterocycles. The van der Waals surface area contributed by atoms with Gasteiger partial charge in [0.05, 0.1) is 0 Å². The van der Waals surface area contributed by atoms with Gasteiger partial charge >= 0.3 is 6.01 Å². The molecule has 0 atom stereocenters. The summed E-state index contributed by atoms with van der Waals surface area (Å²) in [6, 6.07) is 21.1. The Kier molecular flexibility index (Phi) is 4.25. The molecule has 3 aromatic rings. The molecule has 0 saturated carbocycles. The van der Waals surface area contributed by atoms with Crippen LogP contribution < -0.4 is 4.90 Å². The summed E-state index contributed by atoms with van der Waals surface area (Å²) in [6.45, 7) is 4.80. The number of aromatic nitrogens is 2. The summed E-state index contributed by atoms with van der Waals surface area (Å²) < 4.78 is 5.46. The average molecular weight is 320 g/mol. The monoisotopic (exact) mass is 320 g/mol. The molecule has 0 aliphatic carbocycles. The number of hydrogen-bond acceptors (Lipinski definition) is 5. The summed E-state index contributed by atoms with van der Waals surface area (Å²) in [6.07, 6.45) is 0. The fourth-order valence-corrected chi connectivity index (χ4v) is 2.99. The van der Waals surface area contributed by atoms with Gasteiger partial charge in [-0.1, -0.05) is 65.8 Å². The summed E-state index contributed by atoms with van der Waals surface area (Å²) in [5.74, 6) is 0.650. The highest BCUT2D eigenvalue weighted by Crippen LogP contribution is 2.20. The summed E-state index contributed by atoms with van der Waals surface area (Å²) >= 11 is 0. The van der Waals surface area contributed by atoms with Crippen molar-refractivity contribution < 1.29 is 4.52 Å². The molecule has 5 heteroatoms. The lowest BCUT2D eigenvalue weighted by Crippen LogP contribution is -2.46. The third kappa shape index (κ3) is 3.31. The smallest absolute Gasteiger partial charge is 0.322 e. The van der Waals surface area contributed by atoms with Crippen LogP contribution in [0.2, 0.25) is 0 Å². The first-order chi connectivity index (χ1) is 11.9. The maximum absolute atomic E-state index is 5.46. The van der Waals surface area contributed by atoms with Crippen molar-refractivity contribution in [3.8, 4) is 11.4 Å². The van der Waals surface area contributed by atoms with Crippen LogP contribution in [0.5, 0.6) is 0 Å². The number of benzene rings is 2. The molecule has 0 spiro atoms. The molecule has 1 aliphatic rings. The molecule has 1 fully saturated rings. The molecule has 0 radical (unpaired) electrons. The topological polar surface area (TPSA) is 45.4 Å². The van der Waals surface area contributed by atoms with E-state index in [1.165, 1.54) is 5.56 Å². The Morgan fingerprint density at radius 1 is 0.833 bits per heavy atom. The Bertz CT molecular complexity index is 764. The van der Waals surface area contributed by atoms with Crippen LogP contribution in [0.15, 0.2) is 65.2 Å². The Balaban J connectivity index is 1.37. The van der Waals surface area contributed by atoms with Gasteiger partial charge in [-0.15, -0.1) is 0 Å². The van der Waals surface area contributed by atoms with E-state index >= 15 is 0 Å². The Morgan fingerprint density at radius 2 is 1.50 bits per heavy atom. The molecule has 5 nitrogen and oxygen atoms in total. The van der Waals surface area contributed by atoms with Gasteiger partial charge in [0.15, 0.2) is 0 Å². The van der Waals surface area contributed by atoms with Crippen LogP contribution in [0.1, 0.15) is 5.56 Å². The van der Waals surface area contributed by atoms with Gasteiger partial charge in [-0.2, -0.15) is 4.98 Å². The number of anilines is 1. The van der Waals surface area contributed by atoms with Crippen LogP contribution in [0, 0.1) is 0 Å². The van der Waals surface area contributed by atoms with E-state index in [4.69, 9.17) is 4.52 Å². The molecule has 2 heterocycles. The third-order valence-corrected chi connectivity index (χ3v) is 4.34. The summed E-state index contributed by atoms with van der Waals surface area (Å²) in [5, 5.41) is 4.11. The Labute approximate surface area is 141 Å². The molecular weight excluding hydrogens is 300 g/mol. The Morgan fingerprint density at radius 3 is 2.21 bits per heavy atom. The Hall–Kier alpha value is -2.66. The van der Waals surface area contributed by atoms with Gasteiger partial charge < -0.3 is 9.42 Å². The van der Waals surface area contributed by atoms with Crippen molar-refractivity contribution in [2.75, 3.05) is 31.1 Å². The van der Waals surface area contributed by atoms with Crippen LogP contribution in [-0.2, 0) is 6.54 Å². The van der Waals surface area contributed by atoms with Gasteiger partial charge in [0.25, 0.3) is 0 Å². The maximum atomic E-state index is 5.46. The van der Waals surface area contributed by atoms with E-state index in [9.17, 15) is 0 Å². The lowest BCUT2D eigenvalue weighted by molar-refractivity contribution is 0.242. The van der Waals surface area contributed by atoms with Gasteiger partial charge in [0.1, 0.15) is 0 Å². The number of rotatable bonds is 4. The predicted octanol–water partition coefficient (Wildman–Crippen LogP) is 3.06. The van der Waals surface area contributed by atoms with Gasteiger partial charge in [0.2, 0.25) is 5.82 Å². The molecule has 2 aromatic carbocycles. The normalized spacial score (nSPS) is 15.6. The summed E-state index contributed by atoms with van der Waals surface area (Å²) in [5.41, 5.74) is 2.34. The molecule has 1 aliphatic heterocycles. The second kappa shape index (κ2) is 6.84. The molecule has 0 N–H and O–H groups in total. The highest BCUT2D eigenvalue weighted by molar-refractivity contribution is 5.55. The highest BCUT2D eigenvalue weighted by Gasteiger charge is 2.21. The van der Waals surface area contributed by atoms with Crippen LogP contribution >= 0.6 is 0 Å². The van der Waals surface area contributed by atoms with Crippen molar-refractivity contribution in [1.82, 2.24) is 15.0 Å². The second-order valence-corrected chi connectivity index (χ2v) is 6.02. The van der Waals surface area contributed by atoms with E-state index in [1.807, 2.05) is 30.3 Å². The zero-order valence-electron chi connectivity index (χ0n) is 13.5. The van der Waals surface area contributed by atoms with Crippen LogP contribution in [0.25, 0.3) is 11.4 Å². The van der Waals surface area contributed by atoms with Gasteiger partial charge in [-0.05, 0) is 5.56 Å². The molecule has 24 heavy (non-hydrogen) atoms. The van der Waals surface area contributed by atoms with Crippen molar-refractivity contribution >= 4 is 6.01 Å². The fraction of sp³-hybridized carbons (Fsp3) is 0.263. The van der Waals surface area contributed by atoms with E-state index in [0.717, 1.165) is 38.3 Å². The number of nitrogens with zero attached hydrogens (tertiary/aromatic N) is 4. The highest BCUT2D eigenvalue weighted by atomic mass is 16.5. The van der Waals surface area contributed by atoms with Crippen molar-refractivity contribution in [3.63, 3.8) is 0 Å². The molecule has 4 rings (SSSR count). The van der Waals surface area contributed by atoms with E-state index in [-0.39, 0.29) is 0 Å². The quantitative estimate of drug-likeness (QED) is 0.739. The van der Waals surface area contributed by atoms with Crippen molar-refractivity contribution in [2.45, 2.75) is 6.54 Å². The molecule has 0 unspecified atom stereocenters. The standard InChI is InChI=1S/C19H20N4O/c1-3-7-16(8-4-1)15-22-11-13-23(14-12-22)19-20-18(21-24-19)17-9-5-2-6-10-17/h1-10H,11-15H2. The van der Waals surface area contributed by atoms with Gasteiger partial charge in [0, 0.05) is 38.3 Å². The molecule has 0 bridgehead atoms. The predicted molar refractivity (Wildman–Crippen MR) is 93.7 cm³/mol. The summed E-state index contributed by atoms with van der Waals surface area (Å²) in [7, 11) is 0. The zero-order valence-corrected chi connectivity index (χ0v) is 13.5. The number of hydrogen-bond donors (Lipinski definition) is 0. The minimum atomic E-state index is 0.619. The first-order valence-corrected chi connectivity index (χ1v) is 8.29. The van der Waals surface area contributed by atoms with Crippen molar-refractivity contribution in [2.24, 2.45) is 0 Å². The van der Waals surface area contributed by atoms with E-state index in [2.05, 4.69) is 50.3 Å². The first-order valence-electron chi connectivity index (χ1n) is 8.29. The second-order valence-electron chi connectivity index (χ2n) is 6.02. The van der Waals surface area contributed by atoms with Crippen LogP contribution in [0.3, 0.4) is 0 Å². The summed E-state index contributed by atoms with van der Waals surface area (Å²) in [4.78, 5) is 9.17. The van der Waals surface area contributed by atoms with E-state index < -0.39 is 0 Å². The molecule has 122 valence electrons. The zero-order chi connectivity index (χ0) is 16.2. The molecular formula is C19H20N4O. The SMILES string of the molecule is c1ccc(CN2CCN(c3nc(-c4ccccc4)no3)CC2)cc1. The lowest BCUT2D eigenvalue weighted by atomic mass is 10.2. The third-order valence-electron chi connectivity index (χ3n) is 4.34. The van der Waals surface area contributed by atoms with Gasteiger partial charge in [-0.3, -0.25) is 4.90 Å². The molecule has 1 saturated heterocycles. The lowest BCUT2D eigenvalue weighted by Gasteiger charge is -2.33. The largest absolute Gasteiger partial charge is 0.324 e. The average Bonchev–Trinajstić information content (AvgIpc) is 3.14. The van der Waals surface area contributed by atoms with Crippen LogP contribution in [-0.4, -0.2) is 41.2 Å². The van der Waals surface area contributed by atoms with Crippen LogP contribution in [0.4, 0.5) is 6.01 Å².